The molecule has 0 unspecified atom stereocenters. The van der Waals surface area contributed by atoms with Gasteiger partial charge in [-0.2, -0.15) is 5.10 Å². The predicted molar refractivity (Wildman–Crippen MR) is 119 cm³/mol. The molecule has 5 aromatic rings. The van der Waals surface area contributed by atoms with E-state index in [2.05, 4.69) is 20.1 Å². The molecule has 0 saturated heterocycles. The minimum atomic E-state index is -0.213. The monoisotopic (exact) mass is 430 g/mol. The lowest BCUT2D eigenvalue weighted by Crippen LogP contribution is -2.13. The van der Waals surface area contributed by atoms with Crippen LogP contribution in [0.25, 0.3) is 32.3 Å². The van der Waals surface area contributed by atoms with Gasteiger partial charge in [-0.3, -0.25) is 9.48 Å². The molecule has 0 aliphatic heterocycles. The number of hydrogen-bond acceptors (Lipinski definition) is 8. The first kappa shape index (κ1) is 19.1. The van der Waals surface area contributed by atoms with E-state index in [1.165, 1.54) is 17.7 Å². The molecule has 10 heteroatoms. The number of imidazole rings is 1. The highest BCUT2D eigenvalue weighted by atomic mass is 32.1. The second-order valence-electron chi connectivity index (χ2n) is 7.11. The minimum absolute atomic E-state index is 0.213. The molecule has 0 saturated carbocycles. The van der Waals surface area contributed by atoms with Crippen LogP contribution >= 0.6 is 11.3 Å². The van der Waals surface area contributed by atoms with Gasteiger partial charge in [0.25, 0.3) is 0 Å². The van der Waals surface area contributed by atoms with Crippen molar-refractivity contribution in [3.05, 3.63) is 59.9 Å². The van der Waals surface area contributed by atoms with Gasteiger partial charge in [0.05, 0.1) is 11.4 Å². The number of nitrogen functional groups attached to an aromatic ring is 1. The van der Waals surface area contributed by atoms with E-state index in [1.807, 2.05) is 44.3 Å². The first-order valence-electron chi connectivity index (χ1n) is 9.49. The molecule has 0 amide bonds. The Balaban J connectivity index is 1.75. The van der Waals surface area contributed by atoms with E-state index in [9.17, 15) is 4.79 Å². The molecule has 154 valence electrons. The standard InChI is InChI=1S/C21H18N8OS/c1-11-9-13(29(3)27-11)17(30)19-25-14(12-7-5-4-6-8-12)16(28(19)2)21-26-15-18(22)23-10-24-20(15)31-21/h4-10H,1-3H3,(H2,22,23,24). The number of carbonyl (C=O) groups is 1. The number of carbonyl (C=O) groups excluding carboxylic acids is 1. The number of fused-ring (bicyclic) bond motifs is 1. The Labute approximate surface area is 181 Å². The Morgan fingerprint density at radius 3 is 2.55 bits per heavy atom. The number of rotatable bonds is 4. The van der Waals surface area contributed by atoms with Gasteiger partial charge < -0.3 is 10.3 Å². The molecule has 2 N–H and O–H groups in total. The van der Waals surface area contributed by atoms with Crippen LogP contribution in [0.2, 0.25) is 0 Å². The average molecular weight is 430 g/mol. The van der Waals surface area contributed by atoms with E-state index < -0.39 is 0 Å². The van der Waals surface area contributed by atoms with Crippen molar-refractivity contribution in [2.75, 3.05) is 5.73 Å². The smallest absolute Gasteiger partial charge is 0.246 e. The molecule has 4 heterocycles. The molecule has 0 aliphatic carbocycles. The minimum Gasteiger partial charge on any atom is -0.382 e. The number of nitrogens with two attached hydrogens (primary N) is 1. The molecule has 4 aromatic heterocycles. The van der Waals surface area contributed by atoms with Gasteiger partial charge in [0.2, 0.25) is 5.78 Å². The fraction of sp³-hybridized carbons (Fsp3) is 0.143. The fourth-order valence-corrected chi connectivity index (χ4v) is 4.55. The predicted octanol–water partition coefficient (Wildman–Crippen LogP) is 3.01. The first-order chi connectivity index (χ1) is 14.9. The summed E-state index contributed by atoms with van der Waals surface area (Å²) in [6.45, 7) is 1.85. The molecule has 31 heavy (non-hydrogen) atoms. The van der Waals surface area contributed by atoms with Gasteiger partial charge in [0.15, 0.2) is 11.6 Å². The molecule has 5 rings (SSSR count). The second kappa shape index (κ2) is 7.10. The Morgan fingerprint density at radius 1 is 1.10 bits per heavy atom. The highest BCUT2D eigenvalue weighted by molar-refractivity contribution is 7.21. The van der Waals surface area contributed by atoms with Crippen molar-refractivity contribution < 1.29 is 4.79 Å². The van der Waals surface area contributed by atoms with Gasteiger partial charge in [0, 0.05) is 19.7 Å². The van der Waals surface area contributed by atoms with Gasteiger partial charge in [-0.25, -0.2) is 19.9 Å². The largest absolute Gasteiger partial charge is 0.382 e. The zero-order valence-corrected chi connectivity index (χ0v) is 17.9. The third-order valence-corrected chi connectivity index (χ3v) is 5.98. The Morgan fingerprint density at radius 2 is 1.87 bits per heavy atom. The fourth-order valence-electron chi connectivity index (χ4n) is 3.55. The molecular formula is C21H18N8OS. The molecule has 0 fully saturated rings. The normalized spacial score (nSPS) is 11.3. The van der Waals surface area contributed by atoms with Crippen molar-refractivity contribution in [1.82, 2.24) is 34.3 Å². The van der Waals surface area contributed by atoms with E-state index >= 15 is 0 Å². The lowest BCUT2D eigenvalue weighted by Gasteiger charge is -2.05. The van der Waals surface area contributed by atoms with Crippen molar-refractivity contribution in [2.24, 2.45) is 14.1 Å². The number of anilines is 1. The third-order valence-electron chi connectivity index (χ3n) is 5.01. The number of thiazole rings is 1. The molecule has 1 aromatic carbocycles. The molecule has 0 aliphatic rings. The highest BCUT2D eigenvalue weighted by Gasteiger charge is 2.27. The number of hydrogen-bond donors (Lipinski definition) is 1. The van der Waals surface area contributed by atoms with Gasteiger partial charge in [-0.1, -0.05) is 41.7 Å². The number of aromatic nitrogens is 7. The van der Waals surface area contributed by atoms with Crippen LogP contribution < -0.4 is 5.73 Å². The summed E-state index contributed by atoms with van der Waals surface area (Å²) in [5, 5.41) is 4.95. The van der Waals surface area contributed by atoms with Crippen LogP contribution in [0.15, 0.2) is 42.7 Å². The molecule has 0 spiro atoms. The molecular weight excluding hydrogens is 412 g/mol. The molecule has 0 radical (unpaired) electrons. The zero-order valence-electron chi connectivity index (χ0n) is 17.1. The van der Waals surface area contributed by atoms with Crippen LogP contribution in [0, 0.1) is 6.92 Å². The Hall–Kier alpha value is -3.92. The topological polar surface area (TPSA) is 117 Å². The summed E-state index contributed by atoms with van der Waals surface area (Å²) >= 11 is 1.38. The van der Waals surface area contributed by atoms with Crippen molar-refractivity contribution in [1.29, 1.82) is 0 Å². The van der Waals surface area contributed by atoms with Crippen molar-refractivity contribution in [2.45, 2.75) is 6.92 Å². The summed E-state index contributed by atoms with van der Waals surface area (Å²) in [4.78, 5) is 31.8. The van der Waals surface area contributed by atoms with Crippen molar-refractivity contribution >= 4 is 33.3 Å². The first-order valence-corrected chi connectivity index (χ1v) is 10.3. The van der Waals surface area contributed by atoms with Gasteiger partial charge in [-0.15, -0.1) is 0 Å². The summed E-state index contributed by atoms with van der Waals surface area (Å²) in [5.74, 6) is 0.405. The number of ketones is 1. The number of nitrogens with zero attached hydrogens (tertiary/aromatic N) is 7. The Kier molecular flexibility index (Phi) is 4.36. The van der Waals surface area contributed by atoms with Crippen LogP contribution in [0.4, 0.5) is 5.82 Å². The highest BCUT2D eigenvalue weighted by Crippen LogP contribution is 2.37. The quantitative estimate of drug-likeness (QED) is 0.436. The van der Waals surface area contributed by atoms with E-state index in [-0.39, 0.29) is 5.78 Å². The lowest BCUT2D eigenvalue weighted by atomic mass is 10.1. The van der Waals surface area contributed by atoms with Crippen molar-refractivity contribution in [3.8, 4) is 22.0 Å². The SMILES string of the molecule is Cc1cc(C(=O)c2nc(-c3ccccc3)c(-c3nc4c(N)ncnc4s3)n2C)n(C)n1. The number of benzene rings is 1. The second-order valence-corrected chi connectivity index (χ2v) is 8.09. The Bertz CT molecular complexity index is 1450. The van der Waals surface area contributed by atoms with E-state index in [0.717, 1.165) is 17.0 Å². The summed E-state index contributed by atoms with van der Waals surface area (Å²) < 4.78 is 3.34. The third kappa shape index (κ3) is 3.08. The molecule has 0 atom stereocenters. The zero-order chi connectivity index (χ0) is 21.7. The van der Waals surface area contributed by atoms with E-state index in [0.29, 0.717) is 38.4 Å². The average Bonchev–Trinajstić information content (AvgIpc) is 3.43. The van der Waals surface area contributed by atoms with Crippen LogP contribution in [-0.2, 0) is 14.1 Å². The maximum atomic E-state index is 13.4. The van der Waals surface area contributed by atoms with Crippen molar-refractivity contribution in [3.63, 3.8) is 0 Å². The summed E-state index contributed by atoms with van der Waals surface area (Å²) in [6, 6.07) is 11.5. The maximum Gasteiger partial charge on any atom is 0.246 e. The number of aryl methyl sites for hydroxylation is 2. The van der Waals surface area contributed by atoms with Crippen LogP contribution in [0.5, 0.6) is 0 Å². The lowest BCUT2D eigenvalue weighted by molar-refractivity contribution is 0.101. The molecule has 0 bridgehead atoms. The van der Waals surface area contributed by atoms with Crippen LogP contribution in [0.1, 0.15) is 22.0 Å². The van der Waals surface area contributed by atoms with Crippen LogP contribution in [-0.4, -0.2) is 40.1 Å². The van der Waals surface area contributed by atoms with Gasteiger partial charge >= 0.3 is 0 Å². The maximum absolute atomic E-state index is 13.4. The summed E-state index contributed by atoms with van der Waals surface area (Å²) in [5.41, 5.74) is 10.0. The van der Waals surface area contributed by atoms with Gasteiger partial charge in [-0.05, 0) is 13.0 Å². The summed E-state index contributed by atoms with van der Waals surface area (Å²) in [6.07, 6.45) is 1.42. The van der Waals surface area contributed by atoms with Gasteiger partial charge in [0.1, 0.15) is 33.1 Å². The van der Waals surface area contributed by atoms with E-state index in [1.54, 1.807) is 22.4 Å². The van der Waals surface area contributed by atoms with Crippen LogP contribution in [0.3, 0.4) is 0 Å². The summed E-state index contributed by atoms with van der Waals surface area (Å²) in [7, 11) is 3.56. The molecule has 9 nitrogen and oxygen atoms in total. The van der Waals surface area contributed by atoms with E-state index in [4.69, 9.17) is 10.7 Å².